The number of esters is 1. The minimum atomic E-state index is -0.499. The van der Waals surface area contributed by atoms with Gasteiger partial charge in [0.25, 0.3) is 5.56 Å². The van der Waals surface area contributed by atoms with Gasteiger partial charge in [-0.15, -0.1) is 0 Å². The van der Waals surface area contributed by atoms with E-state index in [2.05, 4.69) is 26.0 Å². The van der Waals surface area contributed by atoms with Crippen molar-refractivity contribution < 1.29 is 9.53 Å². The zero-order chi connectivity index (χ0) is 23.0. The second-order valence-corrected chi connectivity index (χ2v) is 8.77. The van der Waals surface area contributed by atoms with Crippen LogP contribution < -0.4 is 5.56 Å². The van der Waals surface area contributed by atoms with E-state index in [-0.39, 0.29) is 17.4 Å². The molecule has 8 heteroatoms. The topological polar surface area (TPSA) is 78.5 Å². The molecule has 32 heavy (non-hydrogen) atoms. The lowest BCUT2D eigenvalue weighted by Gasteiger charge is -2.12. The Morgan fingerprint density at radius 1 is 1.16 bits per heavy atom. The summed E-state index contributed by atoms with van der Waals surface area (Å²) in [5.41, 5.74) is 2.07. The summed E-state index contributed by atoms with van der Waals surface area (Å²) in [6.45, 7) is 5.73. The summed E-state index contributed by atoms with van der Waals surface area (Å²) in [7, 11) is 1.37. The molecule has 4 rings (SSSR count). The summed E-state index contributed by atoms with van der Waals surface area (Å²) >= 11 is 3.42. The Labute approximate surface area is 193 Å². The standard InChI is InChI=1S/C24H23BrN4O3/c1-14(2)22-27-20-10-9-17(25)11-19(20)23(30)29(22)26-12-16-13-28(15(3)24(31)32-4)21-8-6-5-7-18(16)21/h5-15H,1-4H3/t15-/m0/s1. The van der Waals surface area contributed by atoms with Crippen LogP contribution in [-0.4, -0.2) is 33.5 Å². The molecule has 0 bridgehead atoms. The third-order valence-corrected chi connectivity index (χ3v) is 5.89. The first-order valence-electron chi connectivity index (χ1n) is 10.3. The molecule has 164 valence electrons. The fourth-order valence-corrected chi connectivity index (χ4v) is 4.07. The van der Waals surface area contributed by atoms with Crippen molar-refractivity contribution in [3.05, 3.63) is 74.9 Å². The maximum atomic E-state index is 13.3. The van der Waals surface area contributed by atoms with E-state index in [1.54, 1.807) is 19.2 Å². The van der Waals surface area contributed by atoms with E-state index in [0.29, 0.717) is 16.7 Å². The number of rotatable bonds is 5. The highest BCUT2D eigenvalue weighted by Crippen LogP contribution is 2.25. The maximum Gasteiger partial charge on any atom is 0.328 e. The van der Waals surface area contributed by atoms with Gasteiger partial charge in [0, 0.05) is 33.1 Å². The van der Waals surface area contributed by atoms with Crippen molar-refractivity contribution >= 4 is 49.9 Å². The number of para-hydroxylation sites is 1. The van der Waals surface area contributed by atoms with Crippen LogP contribution in [0.15, 0.2) is 63.0 Å². The Kier molecular flexibility index (Phi) is 5.97. The van der Waals surface area contributed by atoms with Crippen LogP contribution in [0.5, 0.6) is 0 Å². The molecule has 0 spiro atoms. The number of hydrogen-bond acceptors (Lipinski definition) is 5. The van der Waals surface area contributed by atoms with Crippen molar-refractivity contribution in [2.24, 2.45) is 5.10 Å². The Balaban J connectivity index is 1.88. The Morgan fingerprint density at radius 3 is 2.62 bits per heavy atom. The van der Waals surface area contributed by atoms with Gasteiger partial charge in [-0.3, -0.25) is 4.79 Å². The molecule has 0 saturated heterocycles. The molecule has 0 fully saturated rings. The first-order valence-corrected chi connectivity index (χ1v) is 11.0. The molecule has 4 aromatic rings. The van der Waals surface area contributed by atoms with E-state index in [1.807, 2.05) is 61.0 Å². The van der Waals surface area contributed by atoms with Crippen molar-refractivity contribution in [3.63, 3.8) is 0 Å². The highest BCUT2D eigenvalue weighted by Gasteiger charge is 2.19. The van der Waals surface area contributed by atoms with Gasteiger partial charge in [0.05, 0.1) is 24.2 Å². The van der Waals surface area contributed by atoms with Gasteiger partial charge in [-0.05, 0) is 31.2 Å². The van der Waals surface area contributed by atoms with Gasteiger partial charge in [-0.1, -0.05) is 48.0 Å². The lowest BCUT2D eigenvalue weighted by Crippen LogP contribution is -2.23. The number of aromatic nitrogens is 3. The molecule has 0 saturated carbocycles. The van der Waals surface area contributed by atoms with Crippen molar-refractivity contribution in [3.8, 4) is 0 Å². The quantitative estimate of drug-likeness (QED) is 0.293. The van der Waals surface area contributed by atoms with Crippen LogP contribution in [0.25, 0.3) is 21.8 Å². The first kappa shape index (κ1) is 22.0. The molecule has 0 aliphatic rings. The van der Waals surface area contributed by atoms with E-state index < -0.39 is 6.04 Å². The van der Waals surface area contributed by atoms with Crippen molar-refractivity contribution in [1.82, 2.24) is 14.2 Å². The average Bonchev–Trinajstić information content (AvgIpc) is 3.16. The Bertz CT molecular complexity index is 1420. The molecule has 2 aromatic heterocycles. The zero-order valence-electron chi connectivity index (χ0n) is 18.2. The molecule has 0 radical (unpaired) electrons. The molecule has 0 aliphatic heterocycles. The summed E-state index contributed by atoms with van der Waals surface area (Å²) in [5.74, 6) is 0.234. The third kappa shape index (κ3) is 3.86. The largest absolute Gasteiger partial charge is 0.467 e. The monoisotopic (exact) mass is 494 g/mol. The van der Waals surface area contributed by atoms with E-state index in [0.717, 1.165) is 20.9 Å². The number of halogens is 1. The fourth-order valence-electron chi connectivity index (χ4n) is 3.71. The van der Waals surface area contributed by atoms with Crippen LogP contribution in [0.1, 0.15) is 44.1 Å². The Hall–Kier alpha value is -3.26. The normalized spacial score (nSPS) is 12.8. The molecule has 0 N–H and O–H groups in total. The van der Waals surface area contributed by atoms with Gasteiger partial charge in [0.1, 0.15) is 11.9 Å². The van der Waals surface area contributed by atoms with Crippen LogP contribution in [0.3, 0.4) is 0 Å². The number of benzene rings is 2. The summed E-state index contributed by atoms with van der Waals surface area (Å²) in [6, 6.07) is 12.7. The number of nitrogens with zero attached hydrogens (tertiary/aromatic N) is 4. The number of carbonyl (C=O) groups is 1. The summed E-state index contributed by atoms with van der Waals surface area (Å²) in [6.07, 6.45) is 3.49. The minimum Gasteiger partial charge on any atom is -0.467 e. The molecule has 0 aliphatic carbocycles. The molecular formula is C24H23BrN4O3. The van der Waals surface area contributed by atoms with Crippen LogP contribution in [0, 0.1) is 0 Å². The first-order chi connectivity index (χ1) is 15.3. The van der Waals surface area contributed by atoms with E-state index in [4.69, 9.17) is 4.74 Å². The van der Waals surface area contributed by atoms with Crippen molar-refractivity contribution in [1.29, 1.82) is 0 Å². The van der Waals surface area contributed by atoms with Gasteiger partial charge >= 0.3 is 5.97 Å². The Morgan fingerprint density at radius 2 is 1.91 bits per heavy atom. The third-order valence-electron chi connectivity index (χ3n) is 5.39. The molecule has 0 unspecified atom stereocenters. The molecule has 7 nitrogen and oxygen atoms in total. The van der Waals surface area contributed by atoms with Crippen LogP contribution in [0.2, 0.25) is 0 Å². The van der Waals surface area contributed by atoms with Crippen LogP contribution in [0.4, 0.5) is 0 Å². The molecule has 2 heterocycles. The summed E-state index contributed by atoms with van der Waals surface area (Å²) in [5, 5.41) is 5.94. The number of carbonyl (C=O) groups excluding carboxylic acids is 1. The predicted molar refractivity (Wildman–Crippen MR) is 129 cm³/mol. The lowest BCUT2D eigenvalue weighted by molar-refractivity contribution is -0.143. The molecular weight excluding hydrogens is 472 g/mol. The summed E-state index contributed by atoms with van der Waals surface area (Å²) < 4.78 is 8.92. The maximum absolute atomic E-state index is 13.3. The second-order valence-electron chi connectivity index (χ2n) is 7.86. The van der Waals surface area contributed by atoms with Gasteiger partial charge < -0.3 is 9.30 Å². The number of fused-ring (bicyclic) bond motifs is 2. The predicted octanol–water partition coefficient (Wildman–Crippen LogP) is 4.85. The zero-order valence-corrected chi connectivity index (χ0v) is 19.8. The number of hydrogen-bond donors (Lipinski definition) is 0. The van der Waals surface area contributed by atoms with Gasteiger partial charge in [0.15, 0.2) is 0 Å². The van der Waals surface area contributed by atoms with Gasteiger partial charge in [0.2, 0.25) is 0 Å². The molecule has 2 aromatic carbocycles. The highest BCUT2D eigenvalue weighted by molar-refractivity contribution is 9.10. The smallest absolute Gasteiger partial charge is 0.328 e. The van der Waals surface area contributed by atoms with Crippen molar-refractivity contribution in [2.45, 2.75) is 32.7 Å². The molecule has 1 atom stereocenters. The fraction of sp³-hybridized carbons (Fsp3) is 0.250. The number of ether oxygens (including phenoxy) is 1. The van der Waals surface area contributed by atoms with Gasteiger partial charge in [-0.2, -0.15) is 9.78 Å². The lowest BCUT2D eigenvalue weighted by atomic mass is 10.2. The van der Waals surface area contributed by atoms with E-state index >= 15 is 0 Å². The van der Waals surface area contributed by atoms with Crippen LogP contribution in [-0.2, 0) is 9.53 Å². The number of methoxy groups -OCH3 is 1. The van der Waals surface area contributed by atoms with E-state index in [9.17, 15) is 9.59 Å². The van der Waals surface area contributed by atoms with Crippen LogP contribution >= 0.6 is 15.9 Å². The average molecular weight is 495 g/mol. The minimum absolute atomic E-state index is 0.00594. The molecule has 0 amide bonds. The summed E-state index contributed by atoms with van der Waals surface area (Å²) in [4.78, 5) is 30.1. The second kappa shape index (κ2) is 8.70. The SMILES string of the molecule is COC(=O)[C@H](C)n1cc(C=Nn2c(C(C)C)nc3ccc(Br)cc3c2=O)c2ccccc21. The van der Waals surface area contributed by atoms with Gasteiger partial charge in [-0.25, -0.2) is 9.78 Å². The van der Waals surface area contributed by atoms with E-state index in [1.165, 1.54) is 11.8 Å². The van der Waals surface area contributed by atoms with Crippen molar-refractivity contribution in [2.75, 3.05) is 7.11 Å². The highest BCUT2D eigenvalue weighted by atomic mass is 79.9.